The molecule has 4 aromatic rings. The monoisotopic (exact) mass is 606 g/mol. The maximum Gasteiger partial charge on any atom is 0.145 e. The van der Waals surface area contributed by atoms with Gasteiger partial charge in [0.2, 0.25) is 0 Å². The first-order valence-electron chi connectivity index (χ1n) is 14.3. The highest BCUT2D eigenvalue weighted by Crippen LogP contribution is 2.43. The minimum absolute atomic E-state index is 0.389. The van der Waals surface area contributed by atoms with Gasteiger partial charge in [-0.15, -0.1) is 0 Å². The van der Waals surface area contributed by atoms with E-state index in [9.17, 15) is 9.13 Å². The Morgan fingerprint density at radius 2 is 0.548 bits per heavy atom. The molecule has 0 atom stereocenters. The van der Waals surface area contributed by atoms with Gasteiger partial charge in [-0.05, 0) is 0 Å². The summed E-state index contributed by atoms with van der Waals surface area (Å²) in [5, 5.41) is 3.38. The molecule has 0 spiro atoms. The van der Waals surface area contributed by atoms with Crippen LogP contribution in [0.15, 0.2) is 121 Å². The quantitative estimate of drug-likeness (QED) is 0.110. The molecule has 222 valence electrons. The van der Waals surface area contributed by atoms with Crippen molar-refractivity contribution in [1.82, 2.24) is 0 Å². The summed E-state index contributed by atoms with van der Waals surface area (Å²) in [7, 11) is -5.52. The van der Waals surface area contributed by atoms with Crippen LogP contribution >= 0.6 is 14.3 Å². The Labute approximate surface area is 249 Å². The average Bonchev–Trinajstić information content (AvgIpc) is 3.06. The molecule has 0 aliphatic carbocycles. The predicted molar refractivity (Wildman–Crippen MR) is 173 cm³/mol. The van der Waals surface area contributed by atoms with Crippen molar-refractivity contribution in [2.24, 2.45) is 0 Å². The Bertz CT molecular complexity index is 1190. The topological polar surface area (TPSA) is 71.1 Å². The highest BCUT2D eigenvalue weighted by Gasteiger charge is 2.27. The molecule has 6 nitrogen and oxygen atoms in total. The van der Waals surface area contributed by atoms with Gasteiger partial charge in [-0.2, -0.15) is 0 Å². The summed E-state index contributed by atoms with van der Waals surface area (Å²) in [6.45, 7) is 3.41. The Morgan fingerprint density at radius 1 is 0.333 bits per heavy atom. The molecule has 0 heterocycles. The standard InChI is InChI=1S/C34H40O6P2/c35-41(31-13-5-1-6-14-31,32-15-7-2-8-16-32)29-27-39-25-23-37-21-22-38-24-26-40-28-30-42(36,33-17-9-3-10-18-33)34-19-11-4-12-20-34/h1-20H,21-30H2. The third-order valence-corrected chi connectivity index (χ3v) is 13.1. The molecule has 0 aliphatic heterocycles. The maximum atomic E-state index is 13.9. The second-order valence-electron chi connectivity index (χ2n) is 9.72. The second kappa shape index (κ2) is 17.3. The van der Waals surface area contributed by atoms with Gasteiger partial charge in [-0.25, -0.2) is 0 Å². The fourth-order valence-corrected chi connectivity index (χ4v) is 9.65. The average molecular weight is 607 g/mol. The van der Waals surface area contributed by atoms with Crippen LogP contribution in [0.2, 0.25) is 0 Å². The fraction of sp³-hybridized carbons (Fsp3) is 0.294. The number of hydrogen-bond acceptors (Lipinski definition) is 6. The lowest BCUT2D eigenvalue weighted by molar-refractivity contribution is 0.00129. The first kappa shape index (κ1) is 32.1. The van der Waals surface area contributed by atoms with E-state index in [0.717, 1.165) is 21.2 Å². The lowest BCUT2D eigenvalue weighted by atomic mass is 10.4. The van der Waals surface area contributed by atoms with Crippen LogP contribution in [0.5, 0.6) is 0 Å². The third kappa shape index (κ3) is 9.34. The molecular formula is C34H40O6P2. The highest BCUT2D eigenvalue weighted by atomic mass is 31.2. The molecule has 0 bridgehead atoms. The van der Waals surface area contributed by atoms with Crippen LogP contribution in [-0.4, -0.2) is 65.2 Å². The van der Waals surface area contributed by atoms with E-state index in [1.54, 1.807) is 0 Å². The predicted octanol–water partition coefficient (Wildman–Crippen LogP) is 5.08. The van der Waals surface area contributed by atoms with Gasteiger partial charge in [0, 0.05) is 33.5 Å². The number of ether oxygens (including phenoxy) is 4. The third-order valence-electron chi connectivity index (χ3n) is 6.91. The Kier molecular flexibility index (Phi) is 13.2. The van der Waals surface area contributed by atoms with Gasteiger partial charge >= 0.3 is 0 Å². The summed E-state index contributed by atoms with van der Waals surface area (Å²) >= 11 is 0. The van der Waals surface area contributed by atoms with E-state index in [-0.39, 0.29) is 0 Å². The molecular weight excluding hydrogens is 566 g/mol. The molecule has 0 saturated heterocycles. The zero-order chi connectivity index (χ0) is 29.4. The lowest BCUT2D eigenvalue weighted by Crippen LogP contribution is -2.21. The Balaban J connectivity index is 1.06. The first-order chi connectivity index (χ1) is 20.6. The molecule has 0 fully saturated rings. The van der Waals surface area contributed by atoms with E-state index >= 15 is 0 Å². The zero-order valence-corrected chi connectivity index (χ0v) is 25.8. The molecule has 0 amide bonds. The molecule has 4 aromatic carbocycles. The first-order valence-corrected chi connectivity index (χ1v) is 18.1. The summed E-state index contributed by atoms with van der Waals surface area (Å²) in [6.07, 6.45) is 0.882. The van der Waals surface area contributed by atoms with Gasteiger partial charge in [-0.3, -0.25) is 0 Å². The zero-order valence-electron chi connectivity index (χ0n) is 24.0. The van der Waals surface area contributed by atoms with E-state index in [1.807, 2.05) is 121 Å². The van der Waals surface area contributed by atoms with Crippen molar-refractivity contribution < 1.29 is 28.1 Å². The van der Waals surface area contributed by atoms with Crippen LogP contribution < -0.4 is 21.2 Å². The Hall–Kier alpha value is -2.82. The molecule has 42 heavy (non-hydrogen) atoms. The van der Waals surface area contributed by atoms with Gasteiger partial charge in [0.15, 0.2) is 0 Å². The van der Waals surface area contributed by atoms with Crippen LogP contribution in [0, 0.1) is 0 Å². The van der Waals surface area contributed by atoms with E-state index in [1.165, 1.54) is 0 Å². The molecule has 0 N–H and O–H groups in total. The molecule has 0 aliphatic rings. The number of benzene rings is 4. The summed E-state index contributed by atoms with van der Waals surface area (Å²) in [5.74, 6) is 0. The normalized spacial score (nSPS) is 11.9. The van der Waals surface area contributed by atoms with Gasteiger partial charge < -0.3 is 28.1 Å². The van der Waals surface area contributed by atoms with Crippen LogP contribution in [0.4, 0.5) is 0 Å². The van der Waals surface area contributed by atoms with E-state index < -0.39 is 14.3 Å². The molecule has 0 saturated carbocycles. The maximum absolute atomic E-state index is 13.9. The molecule has 4 rings (SSSR count). The summed E-state index contributed by atoms with van der Waals surface area (Å²) in [6, 6.07) is 38.5. The van der Waals surface area contributed by atoms with Crippen molar-refractivity contribution in [2.75, 3.05) is 65.2 Å². The van der Waals surface area contributed by atoms with Crippen LogP contribution in [0.1, 0.15) is 0 Å². The largest absolute Gasteiger partial charge is 0.379 e. The molecule has 0 aromatic heterocycles. The lowest BCUT2D eigenvalue weighted by Gasteiger charge is -2.19. The van der Waals surface area contributed by atoms with Crippen molar-refractivity contribution in [2.45, 2.75) is 0 Å². The van der Waals surface area contributed by atoms with Crippen molar-refractivity contribution in [3.63, 3.8) is 0 Å². The van der Waals surface area contributed by atoms with Crippen molar-refractivity contribution >= 4 is 35.5 Å². The van der Waals surface area contributed by atoms with Crippen molar-refractivity contribution in [3.8, 4) is 0 Å². The van der Waals surface area contributed by atoms with E-state index in [2.05, 4.69) is 0 Å². The van der Waals surface area contributed by atoms with Gasteiger partial charge in [0.25, 0.3) is 0 Å². The van der Waals surface area contributed by atoms with Crippen molar-refractivity contribution in [1.29, 1.82) is 0 Å². The summed E-state index contributed by atoms with van der Waals surface area (Å²) in [4.78, 5) is 0. The number of hydrogen-bond donors (Lipinski definition) is 0. The van der Waals surface area contributed by atoms with Crippen LogP contribution in [0.3, 0.4) is 0 Å². The van der Waals surface area contributed by atoms with E-state index in [4.69, 9.17) is 18.9 Å². The SMILES string of the molecule is O=P(CCOCCOCCOCCOCCP(=O)(c1ccccc1)c1ccccc1)(c1ccccc1)c1ccccc1. The fourth-order valence-electron chi connectivity index (χ4n) is 4.64. The molecule has 8 heteroatoms. The summed E-state index contributed by atoms with van der Waals surface area (Å²) < 4.78 is 50.6. The number of rotatable bonds is 19. The van der Waals surface area contributed by atoms with Crippen molar-refractivity contribution in [3.05, 3.63) is 121 Å². The molecule has 0 unspecified atom stereocenters. The smallest absolute Gasteiger partial charge is 0.145 e. The Morgan fingerprint density at radius 3 is 0.786 bits per heavy atom. The van der Waals surface area contributed by atoms with Gasteiger partial charge in [0.05, 0.1) is 52.9 Å². The minimum Gasteiger partial charge on any atom is -0.379 e. The molecule has 0 radical (unpaired) electrons. The second-order valence-corrected chi connectivity index (χ2v) is 15.6. The van der Waals surface area contributed by atoms with Gasteiger partial charge in [0.1, 0.15) is 14.3 Å². The van der Waals surface area contributed by atoms with Crippen LogP contribution in [-0.2, 0) is 28.1 Å². The highest BCUT2D eigenvalue weighted by molar-refractivity contribution is 7.79. The van der Waals surface area contributed by atoms with E-state index in [0.29, 0.717) is 65.2 Å². The summed E-state index contributed by atoms with van der Waals surface area (Å²) in [5.41, 5.74) is 0. The minimum atomic E-state index is -2.76. The van der Waals surface area contributed by atoms with Crippen LogP contribution in [0.25, 0.3) is 0 Å². The van der Waals surface area contributed by atoms with Gasteiger partial charge in [-0.1, -0.05) is 121 Å².